The predicted molar refractivity (Wildman–Crippen MR) is 60.6 cm³/mol. The van der Waals surface area contributed by atoms with Crippen LogP contribution in [0.15, 0.2) is 48.7 Å². The average molecular weight is 212 g/mol. The molecule has 0 unspecified atom stereocenters. The predicted octanol–water partition coefficient (Wildman–Crippen LogP) is 3.32. The number of aromatic nitrogens is 2. The van der Waals surface area contributed by atoms with Crippen molar-refractivity contribution in [2.24, 2.45) is 0 Å². The lowest BCUT2D eigenvalue weighted by Gasteiger charge is -1.98. The van der Waals surface area contributed by atoms with Crippen LogP contribution in [0, 0.1) is 5.82 Å². The molecule has 0 amide bonds. The molecule has 0 bridgehead atoms. The minimum absolute atomic E-state index is 0.210. The molecule has 2 aliphatic rings. The molecule has 1 aromatic rings. The Hall–Kier alpha value is -2.16. The molecule has 1 aromatic heterocycles. The van der Waals surface area contributed by atoms with Crippen LogP contribution in [-0.4, -0.2) is 10.2 Å². The average Bonchev–Trinajstić information content (AvgIpc) is 2.86. The van der Waals surface area contributed by atoms with E-state index >= 15 is 0 Å². The number of rotatable bonds is 1. The van der Waals surface area contributed by atoms with Crippen molar-refractivity contribution in [2.75, 3.05) is 0 Å². The second-order valence-electron chi connectivity index (χ2n) is 3.63. The van der Waals surface area contributed by atoms with Crippen LogP contribution in [-0.2, 0) is 0 Å². The fraction of sp³-hybridized carbons (Fsp3) is 0. The maximum absolute atomic E-state index is 13.2. The monoisotopic (exact) mass is 212 g/mol. The molecule has 1 N–H and O–H groups in total. The van der Waals surface area contributed by atoms with Gasteiger partial charge in [-0.2, -0.15) is 5.10 Å². The molecule has 16 heavy (non-hydrogen) atoms. The molecule has 0 atom stereocenters. The molecule has 0 saturated heterocycles. The summed E-state index contributed by atoms with van der Waals surface area (Å²) in [4.78, 5) is 0. The largest absolute Gasteiger partial charge is 0.285 e. The molecule has 3 heteroatoms. The summed E-state index contributed by atoms with van der Waals surface area (Å²) in [7, 11) is 0. The van der Waals surface area contributed by atoms with Gasteiger partial charge in [0, 0.05) is 11.8 Å². The first-order valence-corrected chi connectivity index (χ1v) is 5.03. The molecule has 0 aromatic carbocycles. The number of halogens is 1. The van der Waals surface area contributed by atoms with Gasteiger partial charge in [-0.15, -0.1) is 0 Å². The molecular formula is C13H9FN2. The van der Waals surface area contributed by atoms with E-state index in [4.69, 9.17) is 0 Å². The molecule has 1 heterocycles. The summed E-state index contributed by atoms with van der Waals surface area (Å²) < 4.78 is 13.2. The third kappa shape index (κ3) is 1.37. The van der Waals surface area contributed by atoms with Gasteiger partial charge in [0.15, 0.2) is 0 Å². The molecular weight excluding hydrogens is 203 g/mol. The van der Waals surface area contributed by atoms with Crippen LogP contribution in [0.4, 0.5) is 4.39 Å². The van der Waals surface area contributed by atoms with Gasteiger partial charge in [-0.05, 0) is 29.3 Å². The molecule has 2 aliphatic carbocycles. The Morgan fingerprint density at radius 3 is 2.69 bits per heavy atom. The van der Waals surface area contributed by atoms with E-state index in [0.29, 0.717) is 0 Å². The molecule has 78 valence electrons. The lowest BCUT2D eigenvalue weighted by Crippen LogP contribution is -1.78. The van der Waals surface area contributed by atoms with Crippen molar-refractivity contribution < 1.29 is 4.39 Å². The Kier molecular flexibility index (Phi) is 1.96. The molecule has 0 spiro atoms. The first-order valence-electron chi connectivity index (χ1n) is 5.03. The van der Waals surface area contributed by atoms with Crippen LogP contribution < -0.4 is 0 Å². The lowest BCUT2D eigenvalue weighted by atomic mass is 10.1. The maximum atomic E-state index is 13.2. The van der Waals surface area contributed by atoms with E-state index in [0.717, 1.165) is 22.4 Å². The van der Waals surface area contributed by atoms with Crippen LogP contribution in [0.5, 0.6) is 0 Å². The summed E-state index contributed by atoms with van der Waals surface area (Å²) >= 11 is 0. The molecule has 0 aliphatic heterocycles. The van der Waals surface area contributed by atoms with Crippen LogP contribution in [0.2, 0.25) is 0 Å². The van der Waals surface area contributed by atoms with Crippen molar-refractivity contribution in [3.63, 3.8) is 0 Å². The molecule has 3 rings (SSSR count). The highest BCUT2D eigenvalue weighted by molar-refractivity contribution is 5.83. The molecule has 0 radical (unpaired) electrons. The Morgan fingerprint density at radius 1 is 1.00 bits per heavy atom. The van der Waals surface area contributed by atoms with Gasteiger partial charge in [0.2, 0.25) is 0 Å². The minimum atomic E-state index is -0.210. The van der Waals surface area contributed by atoms with Gasteiger partial charge in [-0.3, -0.25) is 5.10 Å². The van der Waals surface area contributed by atoms with E-state index in [1.54, 1.807) is 12.3 Å². The van der Waals surface area contributed by atoms with E-state index in [2.05, 4.69) is 10.2 Å². The quantitative estimate of drug-likeness (QED) is 0.658. The first-order chi connectivity index (χ1) is 7.84. The Bertz CT molecular complexity index is 587. The van der Waals surface area contributed by atoms with Crippen LogP contribution in [0.3, 0.4) is 0 Å². The third-order valence-electron chi connectivity index (χ3n) is 2.60. The molecule has 0 fully saturated rings. The van der Waals surface area contributed by atoms with E-state index < -0.39 is 0 Å². The fourth-order valence-electron chi connectivity index (χ4n) is 1.89. The van der Waals surface area contributed by atoms with Gasteiger partial charge < -0.3 is 0 Å². The topological polar surface area (TPSA) is 28.7 Å². The SMILES string of the molecule is Fc1cc2ccccc(-c3cc[nH]n3)c-2c1. The van der Waals surface area contributed by atoms with Crippen molar-refractivity contribution in [3.05, 3.63) is 54.5 Å². The normalized spacial score (nSPS) is 10.8. The zero-order valence-corrected chi connectivity index (χ0v) is 8.44. The van der Waals surface area contributed by atoms with Crippen molar-refractivity contribution in [3.8, 4) is 22.4 Å². The van der Waals surface area contributed by atoms with Crippen molar-refractivity contribution in [1.29, 1.82) is 0 Å². The van der Waals surface area contributed by atoms with Crippen LogP contribution >= 0.6 is 0 Å². The summed E-state index contributed by atoms with van der Waals surface area (Å²) in [5.74, 6) is -0.210. The van der Waals surface area contributed by atoms with E-state index in [1.807, 2.05) is 30.3 Å². The zero-order chi connectivity index (χ0) is 11.0. The minimum Gasteiger partial charge on any atom is -0.285 e. The summed E-state index contributed by atoms with van der Waals surface area (Å²) in [6.45, 7) is 0. The highest BCUT2D eigenvalue weighted by Crippen LogP contribution is 2.33. The maximum Gasteiger partial charge on any atom is 0.124 e. The van der Waals surface area contributed by atoms with Crippen LogP contribution in [0.25, 0.3) is 22.4 Å². The summed E-state index contributed by atoms with van der Waals surface area (Å²) in [6, 6.07) is 12.6. The van der Waals surface area contributed by atoms with Gasteiger partial charge in [-0.25, -0.2) is 4.39 Å². The van der Waals surface area contributed by atoms with E-state index in [-0.39, 0.29) is 5.82 Å². The second kappa shape index (κ2) is 3.45. The number of H-pyrrole nitrogens is 1. The molecule has 2 nitrogen and oxygen atoms in total. The number of hydrogen-bond donors (Lipinski definition) is 1. The first kappa shape index (κ1) is 9.09. The standard InChI is InChI=1S/C13H9FN2/c14-10-7-9-3-1-2-4-11(12(9)8-10)13-5-6-15-16-13/h1-8H,(H,15,16). The number of hydrogen-bond acceptors (Lipinski definition) is 1. The van der Waals surface area contributed by atoms with Gasteiger partial charge >= 0.3 is 0 Å². The van der Waals surface area contributed by atoms with Gasteiger partial charge in [-0.1, -0.05) is 24.3 Å². The van der Waals surface area contributed by atoms with Crippen molar-refractivity contribution in [2.45, 2.75) is 0 Å². The highest BCUT2D eigenvalue weighted by Gasteiger charge is 2.12. The summed E-state index contributed by atoms with van der Waals surface area (Å²) in [5.41, 5.74) is 3.53. The number of fused-ring (bicyclic) bond motifs is 1. The van der Waals surface area contributed by atoms with Gasteiger partial charge in [0.1, 0.15) is 5.82 Å². The Labute approximate surface area is 92.1 Å². The Morgan fingerprint density at radius 2 is 1.88 bits per heavy atom. The van der Waals surface area contributed by atoms with Crippen molar-refractivity contribution >= 4 is 0 Å². The van der Waals surface area contributed by atoms with Crippen LogP contribution in [0.1, 0.15) is 0 Å². The van der Waals surface area contributed by atoms with E-state index in [9.17, 15) is 4.39 Å². The summed E-state index contributed by atoms with van der Waals surface area (Å²) in [5, 5.41) is 6.89. The lowest BCUT2D eigenvalue weighted by molar-refractivity contribution is 0.633. The Balaban J connectivity index is 2.31. The molecule has 0 saturated carbocycles. The number of nitrogens with one attached hydrogen (secondary N) is 1. The van der Waals surface area contributed by atoms with Gasteiger partial charge in [0.05, 0.1) is 5.69 Å². The summed E-state index contributed by atoms with van der Waals surface area (Å²) in [6.07, 6.45) is 1.76. The smallest absolute Gasteiger partial charge is 0.124 e. The fourth-order valence-corrected chi connectivity index (χ4v) is 1.89. The second-order valence-corrected chi connectivity index (χ2v) is 3.63. The van der Waals surface area contributed by atoms with Crippen molar-refractivity contribution in [1.82, 2.24) is 10.2 Å². The highest BCUT2D eigenvalue weighted by atomic mass is 19.1. The third-order valence-corrected chi connectivity index (χ3v) is 2.60. The van der Waals surface area contributed by atoms with Gasteiger partial charge in [0.25, 0.3) is 0 Å². The zero-order valence-electron chi connectivity index (χ0n) is 8.44. The van der Waals surface area contributed by atoms with E-state index in [1.165, 1.54) is 6.07 Å². The number of aromatic amines is 1. The number of nitrogens with zero attached hydrogens (tertiary/aromatic N) is 1.